The van der Waals surface area contributed by atoms with Crippen LogP contribution in [0.2, 0.25) is 0 Å². The number of halogens is 3. The normalized spacial score (nSPS) is 22.1. The number of nitrogens with zero attached hydrogens (tertiary/aromatic N) is 2. The first-order valence-corrected chi connectivity index (χ1v) is 8.46. The van der Waals surface area contributed by atoms with Gasteiger partial charge in [0.15, 0.2) is 0 Å². The molecular weight excluding hydrogens is 349 g/mol. The van der Waals surface area contributed by atoms with Crippen LogP contribution in [0.15, 0.2) is 0 Å². The van der Waals surface area contributed by atoms with E-state index >= 15 is 0 Å². The topological polar surface area (TPSA) is 70.1 Å². The maximum absolute atomic E-state index is 11.8. The molecule has 24 heavy (non-hydrogen) atoms. The molecule has 0 aromatic rings. The van der Waals surface area contributed by atoms with Gasteiger partial charge in [-0.3, -0.25) is 4.79 Å². The maximum atomic E-state index is 11.8. The summed E-state index contributed by atoms with van der Waals surface area (Å²) < 4.78 is 37.7. The molecule has 2 rings (SSSR count). The average molecular weight is 372 g/mol. The summed E-state index contributed by atoms with van der Waals surface area (Å²) in [6, 6.07) is 0. The third kappa shape index (κ3) is 6.14. The standard InChI is InChI=1S/C12H22N2O2S.C2HF3O2/c1-4-16-10-5-12(17-7-10)8-14(9-12)11(15)6-13(2)3;3-2(4,5)1(6)7/h10H,4-9H2,1-3H3;(H,6,7). The Bertz CT molecular complexity index is 454. The first-order valence-electron chi connectivity index (χ1n) is 7.47. The van der Waals surface area contributed by atoms with Crippen LogP contribution in [0.3, 0.4) is 0 Å². The van der Waals surface area contributed by atoms with Gasteiger partial charge in [-0.25, -0.2) is 4.79 Å². The summed E-state index contributed by atoms with van der Waals surface area (Å²) in [7, 11) is 3.87. The largest absolute Gasteiger partial charge is 0.490 e. The molecule has 0 bridgehead atoms. The lowest BCUT2D eigenvalue weighted by Crippen LogP contribution is -2.62. The van der Waals surface area contributed by atoms with Gasteiger partial charge in [-0.1, -0.05) is 0 Å². The lowest BCUT2D eigenvalue weighted by molar-refractivity contribution is -0.192. The molecule has 140 valence electrons. The van der Waals surface area contributed by atoms with Gasteiger partial charge in [-0.2, -0.15) is 13.2 Å². The van der Waals surface area contributed by atoms with Crippen LogP contribution >= 0.6 is 11.8 Å². The summed E-state index contributed by atoms with van der Waals surface area (Å²) in [6.45, 7) is 5.19. The van der Waals surface area contributed by atoms with Crippen LogP contribution in [0.4, 0.5) is 13.2 Å². The molecule has 0 saturated carbocycles. The highest BCUT2D eigenvalue weighted by molar-refractivity contribution is 8.01. The van der Waals surface area contributed by atoms with Crippen molar-refractivity contribution >= 4 is 23.6 Å². The molecule has 10 heteroatoms. The fraction of sp³-hybridized carbons (Fsp3) is 0.857. The number of aliphatic carboxylic acids is 1. The zero-order valence-electron chi connectivity index (χ0n) is 13.9. The highest BCUT2D eigenvalue weighted by atomic mass is 32.2. The summed E-state index contributed by atoms with van der Waals surface area (Å²) in [6.07, 6.45) is -3.58. The SMILES string of the molecule is CCOC1CSC2(C1)CN(C(=O)CN(C)C)C2.O=C(O)C(F)(F)F. The van der Waals surface area contributed by atoms with Crippen LogP contribution in [0.1, 0.15) is 13.3 Å². The number of carboxylic acids is 1. The third-order valence-corrected chi connectivity index (χ3v) is 5.16. The number of ether oxygens (including phenoxy) is 1. The molecule has 1 N–H and O–H groups in total. The number of hydrogen-bond acceptors (Lipinski definition) is 5. The molecule has 0 radical (unpaired) electrons. The molecule has 6 nitrogen and oxygen atoms in total. The van der Waals surface area contributed by atoms with Gasteiger partial charge in [0.2, 0.25) is 5.91 Å². The molecule has 1 atom stereocenters. The predicted octanol–water partition coefficient (Wildman–Crippen LogP) is 1.30. The van der Waals surface area contributed by atoms with Gasteiger partial charge in [0, 0.05) is 25.4 Å². The van der Waals surface area contributed by atoms with E-state index < -0.39 is 12.1 Å². The molecule has 0 aromatic carbocycles. The van der Waals surface area contributed by atoms with Crippen molar-refractivity contribution in [1.29, 1.82) is 0 Å². The summed E-state index contributed by atoms with van der Waals surface area (Å²) in [5.41, 5.74) is 0. The lowest BCUT2D eigenvalue weighted by Gasteiger charge is -2.47. The fourth-order valence-electron chi connectivity index (χ4n) is 2.56. The molecule has 1 unspecified atom stereocenters. The zero-order valence-corrected chi connectivity index (χ0v) is 14.7. The number of thioether (sulfide) groups is 1. The molecule has 0 aromatic heterocycles. The second-order valence-electron chi connectivity index (χ2n) is 6.07. The summed E-state index contributed by atoms with van der Waals surface area (Å²) >= 11 is 1.99. The quantitative estimate of drug-likeness (QED) is 0.802. The van der Waals surface area contributed by atoms with E-state index in [9.17, 15) is 18.0 Å². The molecule has 0 aliphatic carbocycles. The van der Waals surface area contributed by atoms with Gasteiger partial charge in [-0.15, -0.1) is 11.8 Å². The number of alkyl halides is 3. The van der Waals surface area contributed by atoms with Crippen molar-refractivity contribution in [2.24, 2.45) is 0 Å². The number of carbonyl (C=O) groups excluding carboxylic acids is 1. The van der Waals surface area contributed by atoms with Gasteiger partial charge >= 0.3 is 12.1 Å². The zero-order chi connectivity index (χ0) is 18.5. The van der Waals surface area contributed by atoms with Crippen LogP contribution in [0, 0.1) is 0 Å². The van der Waals surface area contributed by atoms with Gasteiger partial charge in [0.25, 0.3) is 0 Å². The summed E-state index contributed by atoms with van der Waals surface area (Å²) in [4.78, 5) is 24.6. The highest BCUT2D eigenvalue weighted by Gasteiger charge is 2.50. The Balaban J connectivity index is 0.000000351. The first-order chi connectivity index (χ1) is 11.0. The number of rotatable bonds is 4. The van der Waals surface area contributed by atoms with Gasteiger partial charge in [0.05, 0.1) is 17.4 Å². The van der Waals surface area contributed by atoms with Crippen LogP contribution in [0.25, 0.3) is 0 Å². The van der Waals surface area contributed by atoms with Gasteiger partial charge < -0.3 is 19.6 Å². The molecule has 2 saturated heterocycles. The number of likely N-dealkylation sites (tertiary alicyclic amines) is 1. The molecular formula is C14H23F3N2O4S. The predicted molar refractivity (Wildman–Crippen MR) is 84.0 cm³/mol. The fourth-order valence-corrected chi connectivity index (χ4v) is 4.11. The van der Waals surface area contributed by atoms with Crippen LogP contribution in [-0.2, 0) is 14.3 Å². The van der Waals surface area contributed by atoms with Gasteiger partial charge in [0.1, 0.15) is 0 Å². The maximum Gasteiger partial charge on any atom is 0.490 e. The van der Waals surface area contributed by atoms with Crippen molar-refractivity contribution in [3.8, 4) is 0 Å². The number of hydrogen-bond donors (Lipinski definition) is 1. The Labute approximate surface area is 143 Å². The third-order valence-electron chi connectivity index (χ3n) is 3.58. The van der Waals surface area contributed by atoms with E-state index in [1.54, 1.807) is 0 Å². The Hall–Kier alpha value is -1.00. The van der Waals surface area contributed by atoms with Crippen molar-refractivity contribution in [2.45, 2.75) is 30.4 Å². The van der Waals surface area contributed by atoms with Crippen molar-refractivity contribution in [1.82, 2.24) is 9.80 Å². The monoisotopic (exact) mass is 372 g/mol. The van der Waals surface area contributed by atoms with E-state index in [4.69, 9.17) is 14.6 Å². The van der Waals surface area contributed by atoms with E-state index in [1.807, 2.05) is 42.6 Å². The first kappa shape index (κ1) is 21.0. The van der Waals surface area contributed by atoms with E-state index in [1.165, 1.54) is 0 Å². The van der Waals surface area contributed by atoms with E-state index in [0.717, 1.165) is 31.9 Å². The smallest absolute Gasteiger partial charge is 0.475 e. The van der Waals surface area contributed by atoms with E-state index in [-0.39, 0.29) is 5.91 Å². The molecule has 2 heterocycles. The summed E-state index contributed by atoms with van der Waals surface area (Å²) in [5.74, 6) is -1.42. The number of amides is 1. The lowest BCUT2D eigenvalue weighted by atomic mass is 9.93. The van der Waals surface area contributed by atoms with Crippen molar-refractivity contribution < 1.29 is 32.6 Å². The molecule has 2 aliphatic rings. The molecule has 1 amide bonds. The van der Waals surface area contributed by atoms with Crippen molar-refractivity contribution in [3.05, 3.63) is 0 Å². The minimum absolute atomic E-state index is 0.251. The minimum atomic E-state index is -5.08. The molecule has 2 aliphatic heterocycles. The molecule has 2 fully saturated rings. The number of carboxylic acid groups (broad SMARTS) is 1. The second-order valence-corrected chi connectivity index (χ2v) is 7.55. The van der Waals surface area contributed by atoms with Crippen LogP contribution in [0.5, 0.6) is 0 Å². The van der Waals surface area contributed by atoms with Crippen molar-refractivity contribution in [3.63, 3.8) is 0 Å². The Morgan fingerprint density at radius 2 is 1.92 bits per heavy atom. The summed E-state index contributed by atoms with van der Waals surface area (Å²) in [5, 5.41) is 7.12. The Morgan fingerprint density at radius 3 is 2.33 bits per heavy atom. The van der Waals surface area contributed by atoms with Crippen LogP contribution < -0.4 is 0 Å². The highest BCUT2D eigenvalue weighted by Crippen LogP contribution is 2.45. The average Bonchev–Trinajstić information content (AvgIpc) is 2.80. The van der Waals surface area contributed by atoms with E-state index in [2.05, 4.69) is 0 Å². The number of likely N-dealkylation sites (N-methyl/N-ethyl adjacent to an activating group) is 1. The minimum Gasteiger partial charge on any atom is -0.475 e. The molecule has 1 spiro atoms. The Morgan fingerprint density at radius 1 is 1.38 bits per heavy atom. The Kier molecular flexibility index (Phi) is 7.36. The van der Waals surface area contributed by atoms with Crippen LogP contribution in [-0.4, -0.2) is 89.9 Å². The van der Waals surface area contributed by atoms with Gasteiger partial charge in [-0.05, 0) is 27.4 Å². The second kappa shape index (κ2) is 8.39. The number of carbonyl (C=O) groups is 2. The van der Waals surface area contributed by atoms with E-state index in [0.29, 0.717) is 17.4 Å². The van der Waals surface area contributed by atoms with Crippen molar-refractivity contribution in [2.75, 3.05) is 46.1 Å².